The molecule has 2 heterocycles. The molecule has 5 nitrogen and oxygen atoms in total. The van der Waals surface area contributed by atoms with Gasteiger partial charge in [0.1, 0.15) is 0 Å². The van der Waals surface area contributed by atoms with Crippen LogP contribution in [0.25, 0.3) is 0 Å². The first-order chi connectivity index (χ1) is 10.2. The molecule has 1 aliphatic rings. The van der Waals surface area contributed by atoms with Crippen molar-refractivity contribution in [1.82, 2.24) is 10.2 Å². The van der Waals surface area contributed by atoms with E-state index in [0.717, 1.165) is 24.3 Å². The largest absolute Gasteiger partial charge is 0.466 e. The van der Waals surface area contributed by atoms with E-state index in [1.807, 2.05) is 29.3 Å². The van der Waals surface area contributed by atoms with Crippen molar-refractivity contribution in [3.63, 3.8) is 0 Å². The third kappa shape index (κ3) is 5.13. The Hall–Kier alpha value is -1.40. The number of esters is 1. The maximum absolute atomic E-state index is 11.9. The Labute approximate surface area is 129 Å². The normalized spacial score (nSPS) is 19.2. The van der Waals surface area contributed by atoms with E-state index in [-0.39, 0.29) is 17.8 Å². The van der Waals surface area contributed by atoms with Gasteiger partial charge in [0, 0.05) is 11.4 Å². The fourth-order valence-corrected chi connectivity index (χ4v) is 3.15. The van der Waals surface area contributed by atoms with E-state index in [1.165, 1.54) is 0 Å². The fourth-order valence-electron chi connectivity index (χ4n) is 2.51. The molecule has 1 aromatic heterocycles. The van der Waals surface area contributed by atoms with Gasteiger partial charge >= 0.3 is 5.97 Å². The van der Waals surface area contributed by atoms with Crippen LogP contribution in [0.1, 0.15) is 24.6 Å². The Morgan fingerprint density at radius 2 is 2.38 bits per heavy atom. The molecule has 116 valence electrons. The summed E-state index contributed by atoms with van der Waals surface area (Å²) in [5, 5.41) is 4.91. The molecule has 1 unspecified atom stereocenters. The topological polar surface area (TPSA) is 58.6 Å². The van der Waals surface area contributed by atoms with Gasteiger partial charge in [-0.2, -0.15) is 0 Å². The minimum atomic E-state index is -0.138. The highest BCUT2D eigenvalue weighted by atomic mass is 32.1. The van der Waals surface area contributed by atoms with Crippen LogP contribution in [-0.2, 0) is 20.9 Å². The lowest BCUT2D eigenvalue weighted by molar-refractivity contribution is -0.150. The molecular formula is C15H22N2O3S. The Bertz CT molecular complexity index is 461. The van der Waals surface area contributed by atoms with Crippen molar-refractivity contribution < 1.29 is 14.3 Å². The summed E-state index contributed by atoms with van der Waals surface area (Å²) < 4.78 is 5.07. The number of carbonyl (C=O) groups excluding carboxylic acids is 2. The first-order valence-electron chi connectivity index (χ1n) is 7.37. The number of likely N-dealkylation sites (tertiary alicyclic amines) is 1. The molecular weight excluding hydrogens is 288 g/mol. The average molecular weight is 310 g/mol. The van der Waals surface area contributed by atoms with Crippen molar-refractivity contribution in [2.75, 3.05) is 26.2 Å². The molecule has 0 saturated carbocycles. The predicted molar refractivity (Wildman–Crippen MR) is 82.0 cm³/mol. The summed E-state index contributed by atoms with van der Waals surface area (Å²) in [6.07, 6.45) is 1.79. The summed E-state index contributed by atoms with van der Waals surface area (Å²) >= 11 is 1.63. The number of hydrogen-bond donors (Lipinski definition) is 1. The maximum atomic E-state index is 11.9. The SMILES string of the molecule is CCOC(=O)C1CCCN(CC(=O)NCc2cccs2)C1. The van der Waals surface area contributed by atoms with Crippen LogP contribution in [0, 0.1) is 5.92 Å². The van der Waals surface area contributed by atoms with Crippen LogP contribution >= 0.6 is 11.3 Å². The molecule has 21 heavy (non-hydrogen) atoms. The molecule has 1 aliphatic heterocycles. The molecule has 0 radical (unpaired) electrons. The van der Waals surface area contributed by atoms with Crippen LogP contribution in [0.4, 0.5) is 0 Å². The van der Waals surface area contributed by atoms with E-state index in [2.05, 4.69) is 5.32 Å². The van der Waals surface area contributed by atoms with E-state index in [4.69, 9.17) is 4.74 Å². The average Bonchev–Trinajstić information content (AvgIpc) is 2.99. The van der Waals surface area contributed by atoms with Crippen LogP contribution in [0.2, 0.25) is 0 Å². The third-order valence-corrected chi connectivity index (χ3v) is 4.41. The standard InChI is InChI=1S/C15H22N2O3S/c1-2-20-15(19)12-5-3-7-17(10-12)11-14(18)16-9-13-6-4-8-21-13/h4,6,8,12H,2-3,5,7,9-11H2,1H3,(H,16,18). The summed E-state index contributed by atoms with van der Waals surface area (Å²) in [6, 6.07) is 3.98. The van der Waals surface area contributed by atoms with Crippen molar-refractivity contribution in [3.8, 4) is 0 Å². The fraction of sp³-hybridized carbons (Fsp3) is 0.600. The lowest BCUT2D eigenvalue weighted by atomic mass is 9.98. The van der Waals surface area contributed by atoms with E-state index in [9.17, 15) is 9.59 Å². The highest BCUT2D eigenvalue weighted by Gasteiger charge is 2.27. The molecule has 1 aromatic rings. The summed E-state index contributed by atoms with van der Waals surface area (Å²) in [7, 11) is 0. The Balaban J connectivity index is 1.74. The second-order valence-corrected chi connectivity index (χ2v) is 6.21. The molecule has 0 aliphatic carbocycles. The number of piperidine rings is 1. The van der Waals surface area contributed by atoms with Gasteiger partial charge in [0.2, 0.25) is 5.91 Å². The number of nitrogens with one attached hydrogen (secondary N) is 1. The van der Waals surface area contributed by atoms with Gasteiger partial charge in [0.15, 0.2) is 0 Å². The molecule has 0 spiro atoms. The van der Waals surface area contributed by atoms with Crippen molar-refractivity contribution in [1.29, 1.82) is 0 Å². The molecule has 2 rings (SSSR count). The van der Waals surface area contributed by atoms with E-state index >= 15 is 0 Å². The highest BCUT2D eigenvalue weighted by Crippen LogP contribution is 2.17. The molecule has 0 bridgehead atoms. The lowest BCUT2D eigenvalue weighted by Gasteiger charge is -2.30. The van der Waals surface area contributed by atoms with Crippen molar-refractivity contribution in [2.45, 2.75) is 26.3 Å². The Kier molecular flexibility index (Phi) is 6.20. The molecule has 1 fully saturated rings. The third-order valence-electron chi connectivity index (χ3n) is 3.53. The summed E-state index contributed by atoms with van der Waals surface area (Å²) in [5.74, 6) is -0.224. The first-order valence-corrected chi connectivity index (χ1v) is 8.25. The van der Waals surface area contributed by atoms with Gasteiger partial charge < -0.3 is 10.1 Å². The number of amides is 1. The molecule has 1 atom stereocenters. The number of ether oxygens (including phenoxy) is 1. The monoisotopic (exact) mass is 310 g/mol. The van der Waals surface area contributed by atoms with Crippen molar-refractivity contribution in [3.05, 3.63) is 22.4 Å². The lowest BCUT2D eigenvalue weighted by Crippen LogP contribution is -2.44. The van der Waals surface area contributed by atoms with Gasteiger partial charge in [-0.15, -0.1) is 11.3 Å². The van der Waals surface area contributed by atoms with Gasteiger partial charge in [-0.1, -0.05) is 6.07 Å². The van der Waals surface area contributed by atoms with Gasteiger partial charge in [0.25, 0.3) is 0 Å². The van der Waals surface area contributed by atoms with Crippen LogP contribution in [0.5, 0.6) is 0 Å². The number of carbonyl (C=O) groups is 2. The van der Waals surface area contributed by atoms with Crippen molar-refractivity contribution in [2.24, 2.45) is 5.92 Å². The molecule has 1 saturated heterocycles. The molecule has 1 amide bonds. The Morgan fingerprint density at radius 1 is 1.52 bits per heavy atom. The van der Waals surface area contributed by atoms with E-state index in [0.29, 0.717) is 26.2 Å². The number of thiophene rings is 1. The molecule has 1 N–H and O–H groups in total. The zero-order chi connectivity index (χ0) is 15.1. The smallest absolute Gasteiger partial charge is 0.310 e. The molecule has 6 heteroatoms. The quantitative estimate of drug-likeness (QED) is 0.812. The van der Waals surface area contributed by atoms with E-state index in [1.54, 1.807) is 11.3 Å². The van der Waals surface area contributed by atoms with Gasteiger partial charge in [-0.3, -0.25) is 14.5 Å². The second kappa shape index (κ2) is 8.14. The first kappa shape index (κ1) is 16.0. The van der Waals surface area contributed by atoms with Crippen LogP contribution in [0.3, 0.4) is 0 Å². The van der Waals surface area contributed by atoms with Crippen LogP contribution in [-0.4, -0.2) is 43.0 Å². The van der Waals surface area contributed by atoms with Gasteiger partial charge in [-0.25, -0.2) is 0 Å². The number of rotatable bonds is 6. The highest BCUT2D eigenvalue weighted by molar-refractivity contribution is 7.09. The number of nitrogens with zero attached hydrogens (tertiary/aromatic N) is 1. The zero-order valence-electron chi connectivity index (χ0n) is 12.3. The van der Waals surface area contributed by atoms with E-state index < -0.39 is 0 Å². The second-order valence-electron chi connectivity index (χ2n) is 5.18. The summed E-state index contributed by atoms with van der Waals surface area (Å²) in [4.78, 5) is 26.9. The summed E-state index contributed by atoms with van der Waals surface area (Å²) in [6.45, 7) is 4.63. The van der Waals surface area contributed by atoms with Gasteiger partial charge in [0.05, 0.1) is 25.6 Å². The molecule has 0 aromatic carbocycles. The minimum absolute atomic E-state index is 0.00732. The maximum Gasteiger partial charge on any atom is 0.310 e. The van der Waals surface area contributed by atoms with Crippen molar-refractivity contribution >= 4 is 23.2 Å². The van der Waals surface area contributed by atoms with Crippen LogP contribution < -0.4 is 5.32 Å². The Morgan fingerprint density at radius 3 is 3.10 bits per heavy atom. The predicted octanol–water partition coefficient (Wildman–Crippen LogP) is 1.64. The van der Waals surface area contributed by atoms with Crippen LogP contribution in [0.15, 0.2) is 17.5 Å². The zero-order valence-corrected chi connectivity index (χ0v) is 13.2. The number of hydrogen-bond acceptors (Lipinski definition) is 5. The van der Waals surface area contributed by atoms with Gasteiger partial charge in [-0.05, 0) is 37.8 Å². The summed E-state index contributed by atoms with van der Waals surface area (Å²) in [5.41, 5.74) is 0. The minimum Gasteiger partial charge on any atom is -0.466 e.